The molecule has 0 aromatic heterocycles. The van der Waals surface area contributed by atoms with E-state index in [1.165, 1.54) is 6.08 Å². The van der Waals surface area contributed by atoms with Crippen LogP contribution < -0.4 is 0 Å². The van der Waals surface area contributed by atoms with E-state index < -0.39 is 0 Å². The summed E-state index contributed by atoms with van der Waals surface area (Å²) in [5, 5.41) is 8.70. The molecule has 84 valence electrons. The summed E-state index contributed by atoms with van der Waals surface area (Å²) in [6, 6.07) is 9.72. The zero-order valence-electron chi connectivity index (χ0n) is 8.80. The molecule has 1 amide bonds. The second-order valence-corrected chi connectivity index (χ2v) is 3.56. The maximum atomic E-state index is 11.4. The van der Waals surface area contributed by atoms with E-state index in [2.05, 4.69) is 0 Å². The molecule has 1 saturated heterocycles. The minimum atomic E-state index is -0.358. The first-order valence-electron chi connectivity index (χ1n) is 5.10. The molecule has 1 aromatic rings. The molecule has 2 rings (SSSR count). The van der Waals surface area contributed by atoms with Crippen LogP contribution >= 0.6 is 0 Å². The Balaban J connectivity index is 2.02. The molecule has 1 aliphatic heterocycles. The van der Waals surface area contributed by atoms with Crippen molar-refractivity contribution in [1.29, 1.82) is 0 Å². The molecule has 4 nitrogen and oxygen atoms in total. The van der Waals surface area contributed by atoms with E-state index in [4.69, 9.17) is 9.84 Å². The van der Waals surface area contributed by atoms with Crippen molar-refractivity contribution in [2.24, 2.45) is 0 Å². The highest BCUT2D eigenvalue weighted by Crippen LogP contribution is 2.17. The average molecular weight is 219 g/mol. The van der Waals surface area contributed by atoms with Crippen molar-refractivity contribution in [3.8, 4) is 0 Å². The van der Waals surface area contributed by atoms with E-state index >= 15 is 0 Å². The summed E-state index contributed by atoms with van der Waals surface area (Å²) in [5.74, 6) is 0.517. The Morgan fingerprint density at radius 1 is 1.38 bits per heavy atom. The van der Waals surface area contributed by atoms with Crippen LogP contribution in [0.4, 0.5) is 4.79 Å². The molecular formula is C12H13NO3. The minimum Gasteiger partial charge on any atom is -0.413 e. The Bertz CT molecular complexity index is 400. The number of amides is 1. The molecule has 1 heterocycles. The number of ether oxygens (including phenoxy) is 1. The van der Waals surface area contributed by atoms with Crippen LogP contribution in [0.3, 0.4) is 0 Å². The van der Waals surface area contributed by atoms with Crippen LogP contribution in [0.2, 0.25) is 0 Å². The summed E-state index contributed by atoms with van der Waals surface area (Å²) in [6.45, 7) is 0.846. The Kier molecular flexibility index (Phi) is 3.22. The summed E-state index contributed by atoms with van der Waals surface area (Å²) in [5.41, 5.74) is 1.06. The van der Waals surface area contributed by atoms with Crippen molar-refractivity contribution in [3.63, 3.8) is 0 Å². The van der Waals surface area contributed by atoms with Gasteiger partial charge in [0.25, 0.3) is 0 Å². The lowest BCUT2D eigenvalue weighted by molar-refractivity contribution is 0.166. The minimum absolute atomic E-state index is 0.109. The Labute approximate surface area is 93.8 Å². The summed E-state index contributed by atoms with van der Waals surface area (Å²) in [4.78, 5) is 13.0. The highest BCUT2D eigenvalue weighted by molar-refractivity contribution is 5.72. The second-order valence-electron chi connectivity index (χ2n) is 3.56. The molecule has 16 heavy (non-hydrogen) atoms. The molecule has 0 spiro atoms. The summed E-state index contributed by atoms with van der Waals surface area (Å²) < 4.78 is 4.97. The molecule has 4 heteroatoms. The number of rotatable bonds is 3. The van der Waals surface area contributed by atoms with Gasteiger partial charge in [0.2, 0.25) is 0 Å². The van der Waals surface area contributed by atoms with E-state index in [-0.39, 0.29) is 12.7 Å². The highest BCUT2D eigenvalue weighted by atomic mass is 16.6. The van der Waals surface area contributed by atoms with Crippen molar-refractivity contribution in [2.45, 2.75) is 6.54 Å². The third-order valence-corrected chi connectivity index (χ3v) is 2.36. The van der Waals surface area contributed by atoms with Crippen LogP contribution in [-0.4, -0.2) is 29.3 Å². The number of aliphatic hydroxyl groups excluding tert-OH is 1. The average Bonchev–Trinajstić information content (AvgIpc) is 2.61. The molecule has 0 bridgehead atoms. The third-order valence-electron chi connectivity index (χ3n) is 2.36. The van der Waals surface area contributed by atoms with Crippen molar-refractivity contribution < 1.29 is 14.6 Å². The predicted octanol–water partition coefficient (Wildman–Crippen LogP) is 1.51. The standard InChI is InChI=1S/C12H13NO3/c14-7-6-11-9-13(12(15)16-11)8-10-4-2-1-3-5-10/h1-6,14H,7-9H2/b11-6-. The van der Waals surface area contributed by atoms with Crippen LogP contribution in [0, 0.1) is 0 Å². The lowest BCUT2D eigenvalue weighted by atomic mass is 10.2. The number of carbonyl (C=O) groups excluding carboxylic acids is 1. The lowest BCUT2D eigenvalue weighted by Crippen LogP contribution is -2.23. The fourth-order valence-corrected chi connectivity index (χ4v) is 1.59. The monoisotopic (exact) mass is 219 g/mol. The van der Waals surface area contributed by atoms with Crippen LogP contribution in [0.25, 0.3) is 0 Å². The Morgan fingerprint density at radius 2 is 2.12 bits per heavy atom. The summed E-state index contributed by atoms with van der Waals surface area (Å²) >= 11 is 0. The van der Waals surface area contributed by atoms with Gasteiger partial charge < -0.3 is 9.84 Å². The molecule has 0 unspecified atom stereocenters. The van der Waals surface area contributed by atoms with Gasteiger partial charge in [0, 0.05) is 6.54 Å². The molecule has 1 fully saturated rings. The van der Waals surface area contributed by atoms with Crippen LogP contribution in [-0.2, 0) is 11.3 Å². The number of benzene rings is 1. The normalized spacial score (nSPS) is 17.9. The number of cyclic esters (lactones) is 1. The number of aliphatic hydroxyl groups is 1. The zero-order chi connectivity index (χ0) is 11.4. The van der Waals surface area contributed by atoms with Gasteiger partial charge in [-0.2, -0.15) is 0 Å². The van der Waals surface area contributed by atoms with Gasteiger partial charge in [0.15, 0.2) is 0 Å². The first kappa shape index (κ1) is 10.7. The third kappa shape index (κ3) is 2.41. The van der Waals surface area contributed by atoms with Crippen molar-refractivity contribution in [1.82, 2.24) is 4.90 Å². The largest absolute Gasteiger partial charge is 0.415 e. The van der Waals surface area contributed by atoms with E-state index in [0.717, 1.165) is 5.56 Å². The first-order valence-corrected chi connectivity index (χ1v) is 5.10. The number of hydrogen-bond donors (Lipinski definition) is 1. The molecular weight excluding hydrogens is 206 g/mol. The zero-order valence-corrected chi connectivity index (χ0v) is 8.80. The maximum absolute atomic E-state index is 11.4. The van der Waals surface area contributed by atoms with Gasteiger partial charge in [-0.3, -0.25) is 4.90 Å². The Morgan fingerprint density at radius 3 is 2.81 bits per heavy atom. The SMILES string of the molecule is O=C1O/C(=C\CO)CN1Cc1ccccc1. The molecule has 1 aromatic carbocycles. The van der Waals surface area contributed by atoms with Gasteiger partial charge in [-0.05, 0) is 11.6 Å². The molecule has 0 saturated carbocycles. The molecule has 0 radical (unpaired) electrons. The molecule has 1 aliphatic rings. The van der Waals surface area contributed by atoms with Gasteiger partial charge in [-0.25, -0.2) is 4.79 Å². The molecule has 1 N–H and O–H groups in total. The number of carbonyl (C=O) groups is 1. The van der Waals surface area contributed by atoms with E-state index in [1.807, 2.05) is 30.3 Å². The van der Waals surface area contributed by atoms with Crippen LogP contribution in [0.15, 0.2) is 42.2 Å². The predicted molar refractivity (Wildman–Crippen MR) is 58.5 cm³/mol. The topological polar surface area (TPSA) is 49.8 Å². The fourth-order valence-electron chi connectivity index (χ4n) is 1.59. The number of nitrogens with zero attached hydrogens (tertiary/aromatic N) is 1. The van der Waals surface area contributed by atoms with Gasteiger partial charge >= 0.3 is 6.09 Å². The van der Waals surface area contributed by atoms with E-state index in [1.54, 1.807) is 4.90 Å². The molecule has 0 aliphatic carbocycles. The smallest absolute Gasteiger partial charge is 0.413 e. The summed E-state index contributed by atoms with van der Waals surface area (Å²) in [6.07, 6.45) is 1.15. The number of hydrogen-bond acceptors (Lipinski definition) is 3. The first-order chi connectivity index (χ1) is 7.79. The van der Waals surface area contributed by atoms with Gasteiger partial charge in [0.1, 0.15) is 5.76 Å². The van der Waals surface area contributed by atoms with Crippen LogP contribution in [0.1, 0.15) is 5.56 Å². The van der Waals surface area contributed by atoms with Crippen molar-refractivity contribution in [3.05, 3.63) is 47.7 Å². The van der Waals surface area contributed by atoms with Crippen LogP contribution in [0.5, 0.6) is 0 Å². The van der Waals surface area contributed by atoms with Gasteiger partial charge in [-0.1, -0.05) is 30.3 Å². The summed E-state index contributed by atoms with van der Waals surface area (Å²) in [7, 11) is 0. The highest BCUT2D eigenvalue weighted by Gasteiger charge is 2.26. The Hall–Kier alpha value is -1.81. The fraction of sp³-hybridized carbons (Fsp3) is 0.250. The quantitative estimate of drug-likeness (QED) is 0.838. The van der Waals surface area contributed by atoms with E-state index in [9.17, 15) is 4.79 Å². The second kappa shape index (κ2) is 4.81. The molecule has 0 atom stereocenters. The van der Waals surface area contributed by atoms with Gasteiger partial charge in [-0.15, -0.1) is 0 Å². The maximum Gasteiger partial charge on any atom is 0.415 e. The van der Waals surface area contributed by atoms with Gasteiger partial charge in [0.05, 0.1) is 13.2 Å². The van der Waals surface area contributed by atoms with E-state index in [0.29, 0.717) is 18.8 Å². The van der Waals surface area contributed by atoms with Crippen molar-refractivity contribution >= 4 is 6.09 Å². The van der Waals surface area contributed by atoms with Crippen molar-refractivity contribution in [2.75, 3.05) is 13.2 Å². The lowest BCUT2D eigenvalue weighted by Gasteiger charge is -2.11.